The van der Waals surface area contributed by atoms with E-state index in [9.17, 15) is 0 Å². The van der Waals surface area contributed by atoms with Crippen molar-refractivity contribution in [2.24, 2.45) is 0 Å². The number of aryl methyl sites for hydroxylation is 2. The van der Waals surface area contributed by atoms with Gasteiger partial charge in [0.15, 0.2) is 5.70 Å². The summed E-state index contributed by atoms with van der Waals surface area (Å²) in [5, 5.41) is 0. The van der Waals surface area contributed by atoms with E-state index >= 15 is 8.63 Å². The summed E-state index contributed by atoms with van der Waals surface area (Å²) in [7, 11) is 0. The predicted molar refractivity (Wildman–Crippen MR) is 82.4 cm³/mol. The van der Waals surface area contributed by atoms with E-state index in [1.807, 2.05) is 32.2 Å². The van der Waals surface area contributed by atoms with Crippen LogP contribution in [0.4, 0.5) is 8.63 Å². The van der Waals surface area contributed by atoms with Crippen molar-refractivity contribution < 1.29 is 13.1 Å². The number of nitrogens with zero attached hydrogens (tertiary/aromatic N) is 2. The molecule has 0 spiro atoms. The number of aromatic nitrogens is 1. The van der Waals surface area contributed by atoms with Gasteiger partial charge in [0, 0.05) is 24.3 Å². The molecular weight excluding hydrogens is 277 g/mol. The third-order valence-electron chi connectivity index (χ3n) is 4.10. The van der Waals surface area contributed by atoms with E-state index in [4.69, 9.17) is 0 Å². The van der Waals surface area contributed by atoms with Gasteiger partial charge in [-0.15, -0.1) is 11.8 Å². The smallest absolute Gasteiger partial charge is 0.393 e. The van der Waals surface area contributed by atoms with Crippen molar-refractivity contribution in [2.45, 2.75) is 27.7 Å². The Bertz CT molecular complexity index is 726. The molecule has 2 nitrogen and oxygen atoms in total. The SMILES string of the molecule is CSC1=C2C(C)=CC(C)=[N+]2[B-](F)(F)n2c(C)cc(C)c21. The summed E-state index contributed by atoms with van der Waals surface area (Å²) in [6.45, 7) is 3.50. The molecule has 0 amide bonds. The minimum Gasteiger partial charge on any atom is -0.393 e. The first-order valence-corrected chi connectivity index (χ1v) is 7.84. The molecule has 0 bridgehead atoms. The number of thioether (sulfide) groups is 1. The van der Waals surface area contributed by atoms with Crippen LogP contribution in [0.3, 0.4) is 0 Å². The summed E-state index contributed by atoms with van der Waals surface area (Å²) in [6, 6.07) is 1.85. The molecule has 0 saturated carbocycles. The fourth-order valence-electron chi connectivity index (χ4n) is 3.43. The molecular formula is C14H17BF2N2S. The number of hydrogen-bond donors (Lipinski definition) is 0. The van der Waals surface area contributed by atoms with Crippen LogP contribution in [0.2, 0.25) is 0 Å². The second-order valence-electron chi connectivity index (χ2n) is 5.50. The molecule has 0 fully saturated rings. The van der Waals surface area contributed by atoms with E-state index in [1.54, 1.807) is 13.8 Å². The molecule has 3 heterocycles. The van der Waals surface area contributed by atoms with Gasteiger partial charge in [-0.1, -0.05) is 0 Å². The van der Waals surface area contributed by atoms with Gasteiger partial charge < -0.3 is 17.6 Å². The van der Waals surface area contributed by atoms with Crippen LogP contribution in [0.1, 0.15) is 30.8 Å². The van der Waals surface area contributed by atoms with E-state index in [0.29, 0.717) is 22.8 Å². The Kier molecular flexibility index (Phi) is 2.81. The molecule has 1 aromatic heterocycles. The zero-order valence-electron chi connectivity index (χ0n) is 12.3. The Morgan fingerprint density at radius 3 is 2.45 bits per heavy atom. The van der Waals surface area contributed by atoms with Crippen LogP contribution in [-0.4, -0.2) is 27.9 Å². The van der Waals surface area contributed by atoms with E-state index in [1.165, 1.54) is 20.7 Å². The van der Waals surface area contributed by atoms with Crippen molar-refractivity contribution in [3.05, 3.63) is 40.4 Å². The molecule has 2 aliphatic heterocycles. The second kappa shape index (κ2) is 4.10. The summed E-state index contributed by atoms with van der Waals surface area (Å²) in [6.07, 6.45) is 3.79. The van der Waals surface area contributed by atoms with Crippen molar-refractivity contribution in [3.8, 4) is 0 Å². The fraction of sp³-hybridized carbons (Fsp3) is 0.357. The van der Waals surface area contributed by atoms with Gasteiger partial charge in [0.1, 0.15) is 5.71 Å². The summed E-state index contributed by atoms with van der Waals surface area (Å²) in [5.41, 5.74) is 4.41. The van der Waals surface area contributed by atoms with Crippen molar-refractivity contribution in [3.63, 3.8) is 0 Å². The highest BCUT2D eigenvalue weighted by Crippen LogP contribution is 2.44. The van der Waals surface area contributed by atoms with E-state index < -0.39 is 6.97 Å². The van der Waals surface area contributed by atoms with Crippen LogP contribution >= 0.6 is 11.8 Å². The van der Waals surface area contributed by atoms with Crippen LogP contribution < -0.4 is 0 Å². The summed E-state index contributed by atoms with van der Waals surface area (Å²) in [5.74, 6) is 0. The number of rotatable bonds is 1. The van der Waals surface area contributed by atoms with Gasteiger partial charge >= 0.3 is 6.97 Å². The molecule has 0 aliphatic carbocycles. The number of fused-ring (bicyclic) bond motifs is 2. The molecule has 0 atom stereocenters. The van der Waals surface area contributed by atoms with E-state index in [0.717, 1.165) is 16.0 Å². The normalized spacial score (nSPS) is 20.2. The molecule has 2 aliphatic rings. The van der Waals surface area contributed by atoms with Crippen LogP contribution in [0.5, 0.6) is 0 Å². The highest BCUT2D eigenvalue weighted by atomic mass is 32.2. The topological polar surface area (TPSA) is 7.94 Å². The first-order chi connectivity index (χ1) is 9.30. The lowest BCUT2D eigenvalue weighted by molar-refractivity contribution is -0.363. The standard InChI is InChI=1S/C14H17BF2N2S/c1-8-6-10(3)18-12(8)14(20-5)13-9(2)7-11(4)19(13)15(18,16)17/h6-7H,1-5H3. The molecule has 106 valence electrons. The van der Waals surface area contributed by atoms with Crippen LogP contribution in [0, 0.1) is 13.8 Å². The maximum Gasteiger partial charge on any atom is 0.737 e. The summed E-state index contributed by atoms with van der Waals surface area (Å²) < 4.78 is 32.5. The molecule has 6 heteroatoms. The van der Waals surface area contributed by atoms with Crippen LogP contribution in [0.15, 0.2) is 23.4 Å². The van der Waals surface area contributed by atoms with Gasteiger partial charge in [-0.2, -0.15) is 0 Å². The molecule has 1 aromatic rings. The highest BCUT2D eigenvalue weighted by Gasteiger charge is 2.54. The van der Waals surface area contributed by atoms with Crippen molar-refractivity contribution in [2.75, 3.05) is 6.26 Å². The van der Waals surface area contributed by atoms with Crippen LogP contribution in [0.25, 0.3) is 4.91 Å². The van der Waals surface area contributed by atoms with Gasteiger partial charge in [0.25, 0.3) is 0 Å². The minimum absolute atomic E-state index is 0.616. The Morgan fingerprint density at radius 2 is 1.85 bits per heavy atom. The van der Waals surface area contributed by atoms with Gasteiger partial charge in [-0.25, -0.2) is 0 Å². The summed E-state index contributed by atoms with van der Waals surface area (Å²) in [4.78, 5) is 0.939. The summed E-state index contributed by atoms with van der Waals surface area (Å²) >= 11 is 1.54. The van der Waals surface area contributed by atoms with Gasteiger partial charge in [-0.05, 0) is 44.4 Å². The first-order valence-electron chi connectivity index (χ1n) is 6.61. The lowest BCUT2D eigenvalue weighted by Gasteiger charge is -2.33. The van der Waals surface area contributed by atoms with Crippen LogP contribution in [-0.2, 0) is 0 Å². The average Bonchev–Trinajstić information content (AvgIpc) is 2.79. The zero-order chi connectivity index (χ0) is 14.8. The number of hydrogen-bond acceptors (Lipinski definition) is 1. The third kappa shape index (κ3) is 1.48. The lowest BCUT2D eigenvalue weighted by atomic mass is 9.89. The predicted octanol–water partition coefficient (Wildman–Crippen LogP) is 3.81. The maximum absolute atomic E-state index is 15.0. The van der Waals surface area contributed by atoms with Gasteiger partial charge in [-0.3, -0.25) is 0 Å². The molecule has 0 saturated heterocycles. The van der Waals surface area contributed by atoms with Crippen molar-refractivity contribution in [1.29, 1.82) is 0 Å². The molecule has 20 heavy (non-hydrogen) atoms. The maximum atomic E-state index is 15.0. The quantitative estimate of drug-likeness (QED) is 0.715. The fourth-order valence-corrected chi connectivity index (χ4v) is 4.34. The lowest BCUT2D eigenvalue weighted by Crippen LogP contribution is -2.51. The van der Waals surface area contributed by atoms with Gasteiger partial charge in [0.2, 0.25) is 0 Å². The molecule has 0 radical (unpaired) electrons. The molecule has 0 N–H and O–H groups in total. The molecule has 3 rings (SSSR count). The Labute approximate surface area is 121 Å². The van der Waals surface area contributed by atoms with E-state index in [2.05, 4.69) is 0 Å². The Morgan fingerprint density at radius 1 is 1.20 bits per heavy atom. The van der Waals surface area contributed by atoms with Gasteiger partial charge in [0.05, 0.1) is 4.91 Å². The Balaban J connectivity index is 2.48. The Hall–Kier alpha value is -1.30. The molecule has 0 unspecified atom stereocenters. The molecule has 0 aromatic carbocycles. The number of allylic oxidation sites excluding steroid dienone is 2. The monoisotopic (exact) mass is 294 g/mol. The zero-order valence-corrected chi connectivity index (χ0v) is 13.1. The third-order valence-corrected chi connectivity index (χ3v) is 4.89. The minimum atomic E-state index is -3.81. The number of halogens is 2. The largest absolute Gasteiger partial charge is 0.737 e. The van der Waals surface area contributed by atoms with Crippen molar-refractivity contribution in [1.82, 2.24) is 4.48 Å². The van der Waals surface area contributed by atoms with E-state index in [-0.39, 0.29) is 0 Å². The average molecular weight is 294 g/mol. The second-order valence-corrected chi connectivity index (χ2v) is 6.31. The van der Waals surface area contributed by atoms with Crippen molar-refractivity contribution >= 4 is 29.3 Å². The first kappa shape index (κ1) is 13.7. The highest BCUT2D eigenvalue weighted by molar-refractivity contribution is 8.07.